The van der Waals surface area contributed by atoms with E-state index in [0.717, 1.165) is 11.3 Å². The van der Waals surface area contributed by atoms with Crippen molar-refractivity contribution >= 4 is 17.0 Å². The first kappa shape index (κ1) is 12.6. The van der Waals surface area contributed by atoms with Gasteiger partial charge in [-0.3, -0.25) is 0 Å². The van der Waals surface area contributed by atoms with Gasteiger partial charge in [-0.2, -0.15) is 16.6 Å². The molecule has 0 aliphatic carbocycles. The Hall–Kier alpha value is -1.83. The molecule has 0 bridgehead atoms. The fourth-order valence-corrected chi connectivity index (χ4v) is 2.39. The number of hydrogen-bond acceptors (Lipinski definition) is 4. The van der Waals surface area contributed by atoms with Crippen LogP contribution >= 0.6 is 11.3 Å². The Bertz CT molecular complexity index is 538. The summed E-state index contributed by atoms with van der Waals surface area (Å²) in [7, 11) is 0. The van der Waals surface area contributed by atoms with E-state index in [2.05, 4.69) is 11.4 Å². The Labute approximate surface area is 110 Å². The number of nitriles is 1. The Kier molecular flexibility index (Phi) is 3.66. The molecule has 1 unspecified atom stereocenters. The maximum atomic E-state index is 10.3. The zero-order valence-corrected chi connectivity index (χ0v) is 10.9. The quantitative estimate of drug-likeness (QED) is 0.886. The number of nitrogens with one attached hydrogen (secondary N) is 1. The van der Waals surface area contributed by atoms with Crippen LogP contribution < -0.4 is 5.32 Å². The molecule has 92 valence electrons. The van der Waals surface area contributed by atoms with Crippen molar-refractivity contribution in [2.75, 3.05) is 11.9 Å². The average molecular weight is 258 g/mol. The summed E-state index contributed by atoms with van der Waals surface area (Å²) in [6.07, 6.45) is 0. The number of benzene rings is 1. The second-order valence-electron chi connectivity index (χ2n) is 4.33. The van der Waals surface area contributed by atoms with E-state index in [1.54, 1.807) is 30.4 Å². The normalized spacial score (nSPS) is 13.6. The first-order valence-corrected chi connectivity index (χ1v) is 6.55. The second kappa shape index (κ2) is 5.21. The Morgan fingerprint density at radius 2 is 2.06 bits per heavy atom. The predicted molar refractivity (Wildman–Crippen MR) is 73.5 cm³/mol. The minimum Gasteiger partial charge on any atom is -0.384 e. The lowest BCUT2D eigenvalue weighted by Crippen LogP contribution is -2.30. The highest BCUT2D eigenvalue weighted by Gasteiger charge is 2.22. The van der Waals surface area contributed by atoms with E-state index in [1.807, 2.05) is 29.0 Å². The summed E-state index contributed by atoms with van der Waals surface area (Å²) >= 11 is 1.57. The van der Waals surface area contributed by atoms with Gasteiger partial charge >= 0.3 is 0 Å². The molecule has 0 fully saturated rings. The smallest absolute Gasteiger partial charge is 0.105 e. The minimum absolute atomic E-state index is 0.426. The van der Waals surface area contributed by atoms with Crippen molar-refractivity contribution in [2.24, 2.45) is 0 Å². The van der Waals surface area contributed by atoms with Crippen molar-refractivity contribution in [3.8, 4) is 6.07 Å². The Balaban J connectivity index is 2.01. The second-order valence-corrected chi connectivity index (χ2v) is 5.11. The van der Waals surface area contributed by atoms with Gasteiger partial charge in [0.25, 0.3) is 0 Å². The van der Waals surface area contributed by atoms with Gasteiger partial charge in [-0.05, 0) is 53.6 Å². The SMILES string of the molecule is CC(O)(CNc1ccc(C#N)cc1)c1ccsc1. The van der Waals surface area contributed by atoms with Gasteiger partial charge in [0.05, 0.1) is 11.6 Å². The summed E-state index contributed by atoms with van der Waals surface area (Å²) < 4.78 is 0. The molecule has 3 nitrogen and oxygen atoms in total. The summed E-state index contributed by atoms with van der Waals surface area (Å²) in [5, 5.41) is 26.1. The van der Waals surface area contributed by atoms with Crippen LogP contribution in [0.4, 0.5) is 5.69 Å². The van der Waals surface area contributed by atoms with E-state index in [1.165, 1.54) is 0 Å². The first-order valence-electron chi connectivity index (χ1n) is 5.61. The molecule has 2 aromatic rings. The third kappa shape index (κ3) is 2.89. The van der Waals surface area contributed by atoms with Crippen LogP contribution in [0.1, 0.15) is 18.1 Å². The summed E-state index contributed by atoms with van der Waals surface area (Å²) in [6, 6.07) is 11.2. The van der Waals surface area contributed by atoms with Crippen molar-refractivity contribution in [3.63, 3.8) is 0 Å². The number of aliphatic hydroxyl groups is 1. The zero-order chi connectivity index (χ0) is 13.0. The molecule has 0 saturated carbocycles. The van der Waals surface area contributed by atoms with Crippen LogP contribution in [0.25, 0.3) is 0 Å². The molecule has 0 radical (unpaired) electrons. The van der Waals surface area contributed by atoms with E-state index in [9.17, 15) is 5.11 Å². The molecule has 0 aliphatic heterocycles. The van der Waals surface area contributed by atoms with Gasteiger partial charge < -0.3 is 10.4 Å². The van der Waals surface area contributed by atoms with E-state index in [4.69, 9.17) is 5.26 Å². The van der Waals surface area contributed by atoms with E-state index < -0.39 is 5.60 Å². The Morgan fingerprint density at radius 3 is 2.61 bits per heavy atom. The number of rotatable bonds is 4. The van der Waals surface area contributed by atoms with Crippen LogP contribution in [0, 0.1) is 11.3 Å². The van der Waals surface area contributed by atoms with Crippen molar-refractivity contribution < 1.29 is 5.11 Å². The monoisotopic (exact) mass is 258 g/mol. The van der Waals surface area contributed by atoms with Gasteiger partial charge in [0.2, 0.25) is 0 Å². The molecular weight excluding hydrogens is 244 g/mol. The van der Waals surface area contributed by atoms with Crippen LogP contribution in [0.5, 0.6) is 0 Å². The van der Waals surface area contributed by atoms with E-state index in [0.29, 0.717) is 12.1 Å². The molecule has 1 aromatic heterocycles. The molecule has 0 spiro atoms. The van der Waals surface area contributed by atoms with Gasteiger partial charge in [-0.15, -0.1) is 0 Å². The van der Waals surface area contributed by atoms with Crippen LogP contribution in [-0.4, -0.2) is 11.7 Å². The van der Waals surface area contributed by atoms with E-state index >= 15 is 0 Å². The molecule has 0 saturated heterocycles. The van der Waals surface area contributed by atoms with E-state index in [-0.39, 0.29) is 0 Å². The lowest BCUT2D eigenvalue weighted by Gasteiger charge is -2.23. The molecule has 1 atom stereocenters. The van der Waals surface area contributed by atoms with Gasteiger partial charge in [-0.25, -0.2) is 0 Å². The van der Waals surface area contributed by atoms with Crippen LogP contribution in [0.15, 0.2) is 41.1 Å². The van der Waals surface area contributed by atoms with Gasteiger partial charge in [0, 0.05) is 12.2 Å². The zero-order valence-electron chi connectivity index (χ0n) is 10.1. The highest BCUT2D eigenvalue weighted by Crippen LogP contribution is 2.23. The summed E-state index contributed by atoms with van der Waals surface area (Å²) in [5.41, 5.74) is 1.54. The van der Waals surface area contributed by atoms with Gasteiger partial charge in [0.1, 0.15) is 5.60 Å². The van der Waals surface area contributed by atoms with Crippen molar-refractivity contribution in [1.82, 2.24) is 0 Å². The number of anilines is 1. The summed E-state index contributed by atoms with van der Waals surface area (Å²) in [5.74, 6) is 0. The van der Waals surface area contributed by atoms with Crippen LogP contribution in [0.2, 0.25) is 0 Å². The van der Waals surface area contributed by atoms with Crippen LogP contribution in [-0.2, 0) is 5.60 Å². The fraction of sp³-hybridized carbons (Fsp3) is 0.214. The number of thiophene rings is 1. The van der Waals surface area contributed by atoms with Gasteiger partial charge in [0.15, 0.2) is 0 Å². The maximum absolute atomic E-state index is 10.3. The lowest BCUT2D eigenvalue weighted by atomic mass is 9.99. The highest BCUT2D eigenvalue weighted by molar-refractivity contribution is 7.08. The van der Waals surface area contributed by atoms with Crippen LogP contribution in [0.3, 0.4) is 0 Å². The summed E-state index contributed by atoms with van der Waals surface area (Å²) in [4.78, 5) is 0. The molecule has 4 heteroatoms. The molecule has 2 N–H and O–H groups in total. The standard InChI is InChI=1S/C14H14N2OS/c1-14(17,12-6-7-18-9-12)10-16-13-4-2-11(8-15)3-5-13/h2-7,9,16-17H,10H2,1H3. The van der Waals surface area contributed by atoms with Crippen molar-refractivity contribution in [1.29, 1.82) is 5.26 Å². The Morgan fingerprint density at radius 1 is 1.33 bits per heavy atom. The molecule has 0 amide bonds. The third-order valence-electron chi connectivity index (χ3n) is 2.79. The molecule has 0 aliphatic rings. The topological polar surface area (TPSA) is 56.0 Å². The lowest BCUT2D eigenvalue weighted by molar-refractivity contribution is 0.0720. The fourth-order valence-electron chi connectivity index (χ4n) is 1.61. The van der Waals surface area contributed by atoms with Crippen molar-refractivity contribution in [2.45, 2.75) is 12.5 Å². The van der Waals surface area contributed by atoms with Crippen molar-refractivity contribution in [3.05, 3.63) is 52.2 Å². The molecule has 2 rings (SSSR count). The van der Waals surface area contributed by atoms with Gasteiger partial charge in [-0.1, -0.05) is 0 Å². The molecular formula is C14H14N2OS. The highest BCUT2D eigenvalue weighted by atomic mass is 32.1. The summed E-state index contributed by atoms with van der Waals surface area (Å²) in [6.45, 7) is 2.21. The minimum atomic E-state index is -0.895. The number of nitrogens with zero attached hydrogens (tertiary/aromatic N) is 1. The largest absolute Gasteiger partial charge is 0.384 e. The molecule has 1 heterocycles. The number of hydrogen-bond donors (Lipinski definition) is 2. The average Bonchev–Trinajstić information content (AvgIpc) is 2.92. The predicted octanol–water partition coefficient (Wildman–Crippen LogP) is 2.94. The molecule has 18 heavy (non-hydrogen) atoms. The third-order valence-corrected chi connectivity index (χ3v) is 3.48. The maximum Gasteiger partial charge on any atom is 0.105 e. The molecule has 1 aromatic carbocycles. The first-order chi connectivity index (χ1) is 8.62.